The molecule has 0 aliphatic rings. The highest BCUT2D eigenvalue weighted by Gasteiger charge is 2.11. The summed E-state index contributed by atoms with van der Waals surface area (Å²) in [6.45, 7) is 3.78. The van der Waals surface area contributed by atoms with Gasteiger partial charge in [0.25, 0.3) is 0 Å². The van der Waals surface area contributed by atoms with Crippen LogP contribution in [0.25, 0.3) is 0 Å². The van der Waals surface area contributed by atoms with Crippen LogP contribution in [-0.2, 0) is 9.84 Å². The van der Waals surface area contributed by atoms with Gasteiger partial charge in [-0.25, -0.2) is 8.42 Å². The molecule has 1 N–H and O–H groups in total. The summed E-state index contributed by atoms with van der Waals surface area (Å²) in [7, 11) is -2.96. The van der Waals surface area contributed by atoms with E-state index in [0.29, 0.717) is 5.02 Å². The summed E-state index contributed by atoms with van der Waals surface area (Å²) in [6, 6.07) is 5.38. The van der Waals surface area contributed by atoms with Gasteiger partial charge in [0.05, 0.1) is 5.75 Å². The van der Waals surface area contributed by atoms with Crippen molar-refractivity contribution in [1.29, 1.82) is 0 Å². The maximum absolute atomic E-state index is 11.1. The van der Waals surface area contributed by atoms with Crippen LogP contribution in [-0.4, -0.2) is 26.5 Å². The number of rotatable bonds is 4. The van der Waals surface area contributed by atoms with Crippen molar-refractivity contribution in [3.8, 4) is 0 Å². The summed E-state index contributed by atoms with van der Waals surface area (Å²) in [5.41, 5.74) is 1.92. The molecule has 3 nitrogen and oxygen atoms in total. The number of nitrogens with one attached hydrogen (secondary N) is 1. The van der Waals surface area contributed by atoms with Crippen LogP contribution >= 0.6 is 11.6 Å². The van der Waals surface area contributed by atoms with E-state index in [2.05, 4.69) is 5.32 Å². The number of sulfone groups is 1. The molecule has 1 aromatic carbocycles. The summed E-state index contributed by atoms with van der Waals surface area (Å²) in [5.74, 6) is 0.110. The van der Waals surface area contributed by atoms with Gasteiger partial charge in [-0.3, -0.25) is 0 Å². The van der Waals surface area contributed by atoms with Crippen LogP contribution in [0.4, 0.5) is 5.69 Å². The lowest BCUT2D eigenvalue weighted by Crippen LogP contribution is -2.25. The van der Waals surface area contributed by atoms with E-state index >= 15 is 0 Å². The van der Waals surface area contributed by atoms with E-state index in [0.717, 1.165) is 11.3 Å². The maximum atomic E-state index is 11.1. The first-order valence-electron chi connectivity index (χ1n) is 4.98. The number of halogens is 1. The predicted molar refractivity (Wildman–Crippen MR) is 69.0 cm³/mol. The first kappa shape index (κ1) is 13.3. The lowest BCUT2D eigenvalue weighted by Gasteiger charge is -2.16. The third-order valence-corrected chi connectivity index (χ3v) is 3.49. The molecular weight excluding hydrogens is 246 g/mol. The maximum Gasteiger partial charge on any atom is 0.149 e. The first-order chi connectivity index (χ1) is 7.28. The molecule has 90 valence electrons. The molecule has 1 rings (SSSR count). The number of hydrogen-bond donors (Lipinski definition) is 1. The van der Waals surface area contributed by atoms with Crippen molar-refractivity contribution in [3.63, 3.8) is 0 Å². The normalized spacial score (nSPS) is 13.5. The molecule has 1 aromatic rings. The van der Waals surface area contributed by atoms with Crippen LogP contribution in [0.15, 0.2) is 18.2 Å². The molecular formula is C11H16ClNO2S. The summed E-state index contributed by atoms with van der Waals surface area (Å²) in [6.07, 6.45) is 1.23. The average molecular weight is 262 g/mol. The van der Waals surface area contributed by atoms with Crippen LogP contribution in [0.5, 0.6) is 0 Å². The summed E-state index contributed by atoms with van der Waals surface area (Å²) >= 11 is 5.88. The highest BCUT2D eigenvalue weighted by atomic mass is 35.5. The molecule has 0 spiro atoms. The van der Waals surface area contributed by atoms with E-state index in [1.54, 1.807) is 6.07 Å². The van der Waals surface area contributed by atoms with Crippen LogP contribution < -0.4 is 5.32 Å². The molecule has 0 saturated heterocycles. The Morgan fingerprint density at radius 3 is 2.62 bits per heavy atom. The zero-order chi connectivity index (χ0) is 12.3. The molecule has 0 radical (unpaired) electrons. The molecule has 0 heterocycles. The molecule has 16 heavy (non-hydrogen) atoms. The Labute approximate surface area is 102 Å². The van der Waals surface area contributed by atoms with E-state index in [4.69, 9.17) is 11.6 Å². The summed E-state index contributed by atoms with van der Waals surface area (Å²) < 4.78 is 22.2. The Hall–Kier alpha value is -0.740. The van der Waals surface area contributed by atoms with Crippen LogP contribution in [0, 0.1) is 6.92 Å². The molecule has 0 bridgehead atoms. The fourth-order valence-corrected chi connectivity index (χ4v) is 2.67. The van der Waals surface area contributed by atoms with Gasteiger partial charge in [-0.1, -0.05) is 17.7 Å². The second kappa shape index (κ2) is 5.06. The van der Waals surface area contributed by atoms with E-state index in [9.17, 15) is 8.42 Å². The Kier molecular flexibility index (Phi) is 4.21. The topological polar surface area (TPSA) is 46.2 Å². The quantitative estimate of drug-likeness (QED) is 0.906. The van der Waals surface area contributed by atoms with Crippen molar-refractivity contribution in [2.75, 3.05) is 17.3 Å². The van der Waals surface area contributed by atoms with Gasteiger partial charge in [0.2, 0.25) is 0 Å². The first-order valence-corrected chi connectivity index (χ1v) is 7.42. The standard InChI is InChI=1S/C11H16ClNO2S/c1-8-4-5-10(12)6-11(8)13-9(2)7-16(3,14)15/h4-6,9,13H,7H2,1-3H3. The highest BCUT2D eigenvalue weighted by molar-refractivity contribution is 7.90. The van der Waals surface area contributed by atoms with E-state index in [-0.39, 0.29) is 11.8 Å². The molecule has 0 aliphatic heterocycles. The molecule has 5 heteroatoms. The SMILES string of the molecule is Cc1ccc(Cl)cc1NC(C)CS(C)(=O)=O. The van der Waals surface area contributed by atoms with Crippen molar-refractivity contribution in [1.82, 2.24) is 0 Å². The smallest absolute Gasteiger partial charge is 0.149 e. The van der Waals surface area contributed by atoms with Crippen LogP contribution in [0.1, 0.15) is 12.5 Å². The zero-order valence-electron chi connectivity index (χ0n) is 9.62. The average Bonchev–Trinajstić information content (AvgIpc) is 2.08. The number of benzene rings is 1. The third-order valence-electron chi connectivity index (χ3n) is 2.15. The van der Waals surface area contributed by atoms with Gasteiger partial charge >= 0.3 is 0 Å². The molecule has 1 atom stereocenters. The Morgan fingerprint density at radius 2 is 2.06 bits per heavy atom. The van der Waals surface area contributed by atoms with Crippen molar-refractivity contribution < 1.29 is 8.42 Å². The van der Waals surface area contributed by atoms with E-state index in [1.165, 1.54) is 6.26 Å². The number of hydrogen-bond acceptors (Lipinski definition) is 3. The van der Waals surface area contributed by atoms with E-state index < -0.39 is 9.84 Å². The van der Waals surface area contributed by atoms with Gasteiger partial charge in [-0.05, 0) is 31.5 Å². The molecule has 0 amide bonds. The summed E-state index contributed by atoms with van der Waals surface area (Å²) in [5, 5.41) is 3.78. The van der Waals surface area contributed by atoms with Gasteiger partial charge in [0.15, 0.2) is 0 Å². The van der Waals surface area contributed by atoms with Crippen LogP contribution in [0.2, 0.25) is 5.02 Å². The fourth-order valence-electron chi connectivity index (χ4n) is 1.51. The predicted octanol–water partition coefficient (Wildman–Crippen LogP) is 2.49. The van der Waals surface area contributed by atoms with Gasteiger partial charge in [-0.15, -0.1) is 0 Å². The monoisotopic (exact) mass is 261 g/mol. The molecule has 0 aromatic heterocycles. The zero-order valence-corrected chi connectivity index (χ0v) is 11.2. The van der Waals surface area contributed by atoms with Gasteiger partial charge < -0.3 is 5.32 Å². The summed E-state index contributed by atoms with van der Waals surface area (Å²) in [4.78, 5) is 0. The Morgan fingerprint density at radius 1 is 1.44 bits per heavy atom. The van der Waals surface area contributed by atoms with Gasteiger partial charge in [0, 0.05) is 23.0 Å². The lowest BCUT2D eigenvalue weighted by molar-refractivity contribution is 0.598. The van der Waals surface area contributed by atoms with Crippen molar-refractivity contribution in [2.24, 2.45) is 0 Å². The van der Waals surface area contributed by atoms with Crippen molar-refractivity contribution in [3.05, 3.63) is 28.8 Å². The van der Waals surface area contributed by atoms with Gasteiger partial charge in [-0.2, -0.15) is 0 Å². The van der Waals surface area contributed by atoms with Crippen molar-refractivity contribution in [2.45, 2.75) is 19.9 Å². The minimum absolute atomic E-state index is 0.110. The van der Waals surface area contributed by atoms with Gasteiger partial charge in [0.1, 0.15) is 9.84 Å². The van der Waals surface area contributed by atoms with Crippen molar-refractivity contribution >= 4 is 27.1 Å². The fraction of sp³-hybridized carbons (Fsp3) is 0.455. The Balaban J connectivity index is 2.77. The second-order valence-electron chi connectivity index (χ2n) is 4.10. The third kappa shape index (κ3) is 4.41. The molecule has 0 aliphatic carbocycles. The lowest BCUT2D eigenvalue weighted by atomic mass is 10.2. The molecule has 1 unspecified atom stereocenters. The number of anilines is 1. The highest BCUT2D eigenvalue weighted by Crippen LogP contribution is 2.20. The Bertz CT molecular complexity index is 471. The minimum atomic E-state index is -2.96. The van der Waals surface area contributed by atoms with Crippen LogP contribution in [0.3, 0.4) is 0 Å². The largest absolute Gasteiger partial charge is 0.381 e. The second-order valence-corrected chi connectivity index (χ2v) is 6.72. The molecule has 0 saturated carbocycles. The minimum Gasteiger partial charge on any atom is -0.381 e. The van der Waals surface area contributed by atoms with E-state index in [1.807, 2.05) is 26.0 Å². The molecule has 0 fully saturated rings. The number of aryl methyl sites for hydroxylation is 1.